The van der Waals surface area contributed by atoms with E-state index < -0.39 is 0 Å². The van der Waals surface area contributed by atoms with Gasteiger partial charge in [-0.2, -0.15) is 0 Å². The minimum absolute atomic E-state index is 0.144. The number of nitrogens with zero attached hydrogens (tertiary/aromatic N) is 1. The fourth-order valence-electron chi connectivity index (χ4n) is 4.74. The molecule has 2 N–H and O–H groups in total. The van der Waals surface area contributed by atoms with Crippen LogP contribution in [0.3, 0.4) is 0 Å². The summed E-state index contributed by atoms with van der Waals surface area (Å²) in [7, 11) is 0. The first kappa shape index (κ1) is 31.2. The van der Waals surface area contributed by atoms with E-state index in [0.717, 1.165) is 68.4 Å². The summed E-state index contributed by atoms with van der Waals surface area (Å²) >= 11 is 0. The Hall–Kier alpha value is -3.05. The van der Waals surface area contributed by atoms with Crippen LogP contribution in [0.1, 0.15) is 81.9 Å². The third-order valence-electron chi connectivity index (χ3n) is 6.75. The number of rotatable bonds is 8. The fourth-order valence-corrected chi connectivity index (χ4v) is 4.74. The number of anilines is 1. The second kappa shape index (κ2) is 16.7. The normalized spacial score (nSPS) is 13.9. The Morgan fingerprint density at radius 3 is 1.84 bits per heavy atom. The average Bonchev–Trinajstić information content (AvgIpc) is 2.94. The Balaban J connectivity index is 0.000000651. The van der Waals surface area contributed by atoms with Crippen molar-refractivity contribution in [1.29, 1.82) is 0 Å². The van der Waals surface area contributed by atoms with Crippen molar-refractivity contribution in [3.63, 3.8) is 0 Å². The number of hydrogen-bond acceptors (Lipinski definition) is 3. The molecule has 38 heavy (non-hydrogen) atoms. The summed E-state index contributed by atoms with van der Waals surface area (Å²) in [4.78, 5) is 12.0. The van der Waals surface area contributed by atoms with Crippen molar-refractivity contribution in [3.8, 4) is 0 Å². The molecule has 3 aromatic carbocycles. The van der Waals surface area contributed by atoms with Crippen molar-refractivity contribution in [2.24, 2.45) is 5.92 Å². The Morgan fingerprint density at radius 2 is 1.39 bits per heavy atom. The van der Waals surface area contributed by atoms with E-state index in [1.54, 1.807) is 0 Å². The van der Waals surface area contributed by atoms with Gasteiger partial charge in [-0.25, -0.2) is 8.78 Å². The van der Waals surface area contributed by atoms with Crippen LogP contribution in [0.25, 0.3) is 0 Å². The lowest BCUT2D eigenvalue weighted by atomic mass is 9.87. The molecule has 0 radical (unpaired) electrons. The zero-order valence-electron chi connectivity index (χ0n) is 23.4. The lowest BCUT2D eigenvalue weighted by Gasteiger charge is -2.32. The van der Waals surface area contributed by atoms with E-state index >= 15 is 0 Å². The number of likely N-dealkylation sites (tertiary alicyclic amines) is 1. The number of hydrogen-bond donors (Lipinski definition) is 1. The van der Waals surface area contributed by atoms with Gasteiger partial charge in [-0.3, -0.25) is 0 Å². The number of aldehydes is 1. The molecule has 0 amide bonds. The van der Waals surface area contributed by atoms with Gasteiger partial charge in [-0.05, 0) is 104 Å². The van der Waals surface area contributed by atoms with Gasteiger partial charge in [0.15, 0.2) is 0 Å². The Bertz CT molecular complexity index is 1010. The second-order valence-corrected chi connectivity index (χ2v) is 9.96. The highest BCUT2D eigenvalue weighted by Gasteiger charge is 2.21. The monoisotopic (exact) mass is 522 g/mol. The van der Waals surface area contributed by atoms with Crippen LogP contribution in [0.4, 0.5) is 14.5 Å². The van der Waals surface area contributed by atoms with Crippen molar-refractivity contribution in [3.05, 3.63) is 101 Å². The van der Waals surface area contributed by atoms with Gasteiger partial charge in [0.05, 0.1) is 0 Å². The number of carbonyl (C=O) groups excluding carboxylic acids is 1. The van der Waals surface area contributed by atoms with Gasteiger partial charge in [0.25, 0.3) is 0 Å². The molecule has 4 rings (SSSR count). The lowest BCUT2D eigenvalue weighted by molar-refractivity contribution is -0.110. The van der Waals surface area contributed by atoms with Crippen LogP contribution in [-0.2, 0) is 4.79 Å². The summed E-state index contributed by atoms with van der Waals surface area (Å²) in [6, 6.07) is 21.7. The van der Waals surface area contributed by atoms with Gasteiger partial charge < -0.3 is 15.4 Å². The van der Waals surface area contributed by atoms with E-state index in [2.05, 4.69) is 17.0 Å². The molecule has 0 aromatic heterocycles. The maximum absolute atomic E-state index is 13.4. The summed E-state index contributed by atoms with van der Waals surface area (Å²) in [6.45, 7) is 10.9. The van der Waals surface area contributed by atoms with Gasteiger partial charge in [-0.15, -0.1) is 0 Å². The molecule has 3 aromatic rings. The van der Waals surface area contributed by atoms with Crippen LogP contribution in [0.15, 0.2) is 72.8 Å². The van der Waals surface area contributed by atoms with Gasteiger partial charge >= 0.3 is 0 Å². The fraction of sp³-hybridized carbons (Fsp3) is 0.424. The van der Waals surface area contributed by atoms with Crippen LogP contribution in [0.2, 0.25) is 0 Å². The average molecular weight is 523 g/mol. The zero-order valence-corrected chi connectivity index (χ0v) is 23.4. The van der Waals surface area contributed by atoms with Crippen LogP contribution in [0.5, 0.6) is 0 Å². The predicted octanol–water partition coefficient (Wildman–Crippen LogP) is 8.21. The highest BCUT2D eigenvalue weighted by molar-refractivity contribution is 5.51. The van der Waals surface area contributed by atoms with E-state index in [1.165, 1.54) is 29.8 Å². The predicted molar refractivity (Wildman–Crippen MR) is 155 cm³/mol. The van der Waals surface area contributed by atoms with Crippen LogP contribution in [0, 0.1) is 17.6 Å². The molecule has 1 aliphatic heterocycles. The van der Waals surface area contributed by atoms with E-state index in [4.69, 9.17) is 5.73 Å². The second-order valence-electron chi connectivity index (χ2n) is 9.96. The third-order valence-corrected chi connectivity index (χ3v) is 6.75. The summed E-state index contributed by atoms with van der Waals surface area (Å²) in [5.74, 6) is 0.473. The van der Waals surface area contributed by atoms with Gasteiger partial charge in [0.1, 0.15) is 17.9 Å². The third kappa shape index (κ3) is 10.4. The van der Waals surface area contributed by atoms with Crippen LogP contribution >= 0.6 is 0 Å². The molecule has 0 aliphatic carbocycles. The summed E-state index contributed by atoms with van der Waals surface area (Å²) in [5, 5.41) is 0. The van der Waals surface area contributed by atoms with Crippen molar-refractivity contribution in [2.75, 3.05) is 25.4 Å². The van der Waals surface area contributed by atoms with E-state index in [1.807, 2.05) is 64.1 Å². The molecule has 0 unspecified atom stereocenters. The standard InChI is InChI=1S/C27H30F2N2.C4H8O.C2H6/c28-24-10-6-21(7-11-24)27(22-8-12-25(29)13-9-22)5-2-16-31-17-14-20(15-18-31)23-3-1-4-26(30)19-23;1-4(2)3-5;1-2/h1,3-4,6-13,19-20,27H,2,5,14-18,30H2;3-4H,1-2H3;1-2H3. The van der Waals surface area contributed by atoms with E-state index in [0.29, 0.717) is 5.92 Å². The molecule has 0 saturated carbocycles. The number of piperidine rings is 1. The quantitative estimate of drug-likeness (QED) is 0.239. The number of halogens is 2. The van der Waals surface area contributed by atoms with E-state index in [9.17, 15) is 13.6 Å². The lowest BCUT2D eigenvalue weighted by Crippen LogP contribution is -2.33. The van der Waals surface area contributed by atoms with Crippen molar-refractivity contribution in [1.82, 2.24) is 4.90 Å². The molecule has 0 spiro atoms. The minimum Gasteiger partial charge on any atom is -0.399 e. The van der Waals surface area contributed by atoms with Gasteiger partial charge in [-0.1, -0.05) is 64.1 Å². The zero-order chi connectivity index (χ0) is 27.9. The summed E-state index contributed by atoms with van der Waals surface area (Å²) in [5.41, 5.74) is 10.3. The van der Waals surface area contributed by atoms with Crippen molar-refractivity contribution in [2.45, 2.75) is 65.2 Å². The van der Waals surface area contributed by atoms with Crippen molar-refractivity contribution >= 4 is 12.0 Å². The minimum atomic E-state index is -0.232. The van der Waals surface area contributed by atoms with E-state index in [-0.39, 0.29) is 23.5 Å². The molecule has 206 valence electrons. The molecule has 1 heterocycles. The van der Waals surface area contributed by atoms with Crippen molar-refractivity contribution < 1.29 is 13.6 Å². The Kier molecular flexibility index (Phi) is 13.7. The topological polar surface area (TPSA) is 46.3 Å². The summed E-state index contributed by atoms with van der Waals surface area (Å²) < 4.78 is 26.8. The first-order valence-corrected chi connectivity index (χ1v) is 13.9. The Morgan fingerprint density at radius 1 is 0.895 bits per heavy atom. The van der Waals surface area contributed by atoms with Gasteiger partial charge in [0, 0.05) is 17.5 Å². The SMILES string of the molecule is CC.CC(C)C=O.Nc1cccc(C2CCN(CCCC(c3ccc(F)cc3)c3ccc(F)cc3)CC2)c1. The molecule has 0 bridgehead atoms. The molecule has 1 saturated heterocycles. The van der Waals surface area contributed by atoms with Gasteiger partial charge in [0.2, 0.25) is 0 Å². The largest absolute Gasteiger partial charge is 0.399 e. The van der Waals surface area contributed by atoms with Crippen LogP contribution < -0.4 is 5.73 Å². The maximum atomic E-state index is 13.4. The van der Waals surface area contributed by atoms with Crippen LogP contribution in [-0.4, -0.2) is 30.8 Å². The Labute approximate surface area is 228 Å². The molecule has 1 fully saturated rings. The highest BCUT2D eigenvalue weighted by atomic mass is 19.1. The number of carbonyl (C=O) groups is 1. The molecule has 1 aliphatic rings. The molecular weight excluding hydrogens is 478 g/mol. The summed E-state index contributed by atoms with van der Waals surface area (Å²) in [6.07, 6.45) is 5.22. The smallest absolute Gasteiger partial charge is 0.123 e. The maximum Gasteiger partial charge on any atom is 0.123 e. The first-order chi connectivity index (χ1) is 18.4. The highest BCUT2D eigenvalue weighted by Crippen LogP contribution is 2.32. The molecular formula is C33H44F2N2O. The number of nitrogen functional groups attached to an aromatic ring is 1. The number of nitrogens with two attached hydrogens (primary N) is 1. The molecule has 5 heteroatoms. The first-order valence-electron chi connectivity index (χ1n) is 13.9. The molecule has 3 nitrogen and oxygen atoms in total. The number of benzene rings is 3. The molecule has 0 atom stereocenters.